The SMILES string of the molecule is C[C](=O)[Ti]([CH3])([CH3])[N]1CCNCCNCCNCC1.Cl.Cl. The van der Waals surface area contributed by atoms with Crippen LogP contribution in [0.15, 0.2) is 0 Å². The van der Waals surface area contributed by atoms with E-state index < -0.39 is 16.8 Å². The molecule has 1 aliphatic heterocycles. The minimum Gasteiger partial charge on any atom is -0.147 e. The van der Waals surface area contributed by atoms with Gasteiger partial charge < -0.3 is 0 Å². The standard InChI is InChI=1S/C8H19N4.C2H3O.2CH3.2ClH.Ti/c1-2-10-5-6-12-8-7-11-4-3-9-1;1-2-3;;;;;/h9-11H,1-8H2;1H3;2*1H3;2*1H;/q-1;;;;;;+1. The van der Waals surface area contributed by atoms with Crippen molar-refractivity contribution in [1.29, 1.82) is 0 Å². The first-order chi connectivity index (χ1) is 8.55. The van der Waals surface area contributed by atoms with Gasteiger partial charge in [0, 0.05) is 0 Å². The van der Waals surface area contributed by atoms with Crippen LogP contribution in [0.4, 0.5) is 0 Å². The molecule has 0 unspecified atom stereocenters. The molecular weight excluding hydrogens is 335 g/mol. The van der Waals surface area contributed by atoms with Crippen LogP contribution in [0.25, 0.3) is 0 Å². The molecule has 0 aromatic carbocycles. The van der Waals surface area contributed by atoms with Crippen LogP contribution >= 0.6 is 24.8 Å². The largest absolute Gasteiger partial charge is 0.147 e. The molecule has 20 heavy (non-hydrogen) atoms. The normalized spacial score (nSPS) is 19.8. The number of nitrogens with one attached hydrogen (secondary N) is 3. The number of halogens is 2. The zero-order valence-corrected chi connectivity index (χ0v) is 16.0. The fourth-order valence-electron chi connectivity index (χ4n) is 2.05. The number of hydrogen-bond donors (Lipinski definition) is 3. The number of carbonyl (C=O) groups excluding carboxylic acids is 1. The van der Waals surface area contributed by atoms with Gasteiger partial charge in [0.1, 0.15) is 0 Å². The van der Waals surface area contributed by atoms with Gasteiger partial charge in [-0.15, -0.1) is 24.8 Å². The molecule has 0 aromatic rings. The maximum Gasteiger partial charge on any atom is -0.147 e. The van der Waals surface area contributed by atoms with E-state index in [0.29, 0.717) is 4.09 Å². The molecule has 0 amide bonds. The summed E-state index contributed by atoms with van der Waals surface area (Å²) in [6.45, 7) is 9.73. The van der Waals surface area contributed by atoms with E-state index in [1.807, 2.05) is 0 Å². The minimum atomic E-state index is -2.44. The topological polar surface area (TPSA) is 56.4 Å². The smallest absolute Gasteiger partial charge is 0.147 e. The van der Waals surface area contributed by atoms with Gasteiger partial charge in [-0.2, -0.15) is 0 Å². The van der Waals surface area contributed by atoms with Gasteiger partial charge in [0.2, 0.25) is 0 Å². The van der Waals surface area contributed by atoms with Crippen molar-refractivity contribution in [3.8, 4) is 0 Å². The zero-order valence-electron chi connectivity index (χ0n) is 12.8. The van der Waals surface area contributed by atoms with Gasteiger partial charge in [0.05, 0.1) is 0 Å². The molecule has 0 aromatic heterocycles. The van der Waals surface area contributed by atoms with Crippen molar-refractivity contribution in [3.63, 3.8) is 0 Å². The van der Waals surface area contributed by atoms with E-state index in [0.717, 1.165) is 52.4 Å². The molecule has 5 nitrogen and oxygen atoms in total. The second kappa shape index (κ2) is 12.4. The average molecular weight is 365 g/mol. The van der Waals surface area contributed by atoms with Gasteiger partial charge >= 0.3 is 115 Å². The maximum absolute atomic E-state index is 11.8. The summed E-state index contributed by atoms with van der Waals surface area (Å²) in [7, 11) is 0. The van der Waals surface area contributed by atoms with Crippen LogP contribution in [-0.4, -0.2) is 59.8 Å². The fourth-order valence-corrected chi connectivity index (χ4v) is 4.84. The van der Waals surface area contributed by atoms with Crippen molar-refractivity contribution < 1.29 is 21.6 Å². The Morgan fingerprint density at radius 3 is 1.55 bits per heavy atom. The first kappa shape index (κ1) is 23.1. The summed E-state index contributed by atoms with van der Waals surface area (Å²) < 4.78 is 2.88. The van der Waals surface area contributed by atoms with E-state index in [-0.39, 0.29) is 24.8 Å². The molecule has 0 atom stereocenters. The Bertz CT molecular complexity index is 258. The van der Waals surface area contributed by atoms with E-state index >= 15 is 0 Å². The van der Waals surface area contributed by atoms with Gasteiger partial charge in [0.15, 0.2) is 0 Å². The molecule has 0 radical (unpaired) electrons. The molecule has 0 saturated carbocycles. The van der Waals surface area contributed by atoms with E-state index in [2.05, 4.69) is 29.8 Å². The van der Waals surface area contributed by atoms with Crippen LogP contribution in [-0.2, 0) is 21.6 Å². The quantitative estimate of drug-likeness (QED) is 0.627. The Labute approximate surface area is 139 Å². The van der Waals surface area contributed by atoms with Crippen molar-refractivity contribution in [2.75, 3.05) is 52.4 Å². The average Bonchev–Trinajstić information content (AvgIpc) is 2.29. The minimum absolute atomic E-state index is 0. The van der Waals surface area contributed by atoms with Gasteiger partial charge in [-0.25, -0.2) is 0 Å². The third-order valence-electron chi connectivity index (χ3n) is 3.73. The summed E-state index contributed by atoms with van der Waals surface area (Å²) >= 11 is -2.44. The third-order valence-corrected chi connectivity index (χ3v) is 9.58. The van der Waals surface area contributed by atoms with Gasteiger partial charge in [-0.3, -0.25) is 0 Å². The Kier molecular flexibility index (Phi) is 14.3. The monoisotopic (exact) mass is 364 g/mol. The molecule has 1 heterocycles. The van der Waals surface area contributed by atoms with Crippen molar-refractivity contribution in [3.05, 3.63) is 0 Å². The van der Waals surface area contributed by atoms with E-state index in [1.165, 1.54) is 0 Å². The summed E-state index contributed by atoms with van der Waals surface area (Å²) in [5, 5.41) is 14.7. The first-order valence-electron chi connectivity index (χ1n) is 6.93. The second-order valence-corrected chi connectivity index (χ2v) is 12.3. The Balaban J connectivity index is 0. The number of nitrogens with zero attached hydrogens (tertiary/aromatic N) is 1. The molecule has 0 bridgehead atoms. The molecule has 122 valence electrons. The molecular formula is C12H30Cl2N4OTi. The van der Waals surface area contributed by atoms with E-state index in [9.17, 15) is 4.79 Å². The van der Waals surface area contributed by atoms with Gasteiger partial charge in [-0.05, 0) is 0 Å². The third kappa shape index (κ3) is 8.30. The Morgan fingerprint density at radius 2 is 1.20 bits per heavy atom. The van der Waals surface area contributed by atoms with Gasteiger partial charge in [-0.1, -0.05) is 0 Å². The number of rotatable bonds is 2. The van der Waals surface area contributed by atoms with Crippen LogP contribution in [0.5, 0.6) is 0 Å². The predicted molar refractivity (Wildman–Crippen MR) is 87.1 cm³/mol. The molecule has 1 aliphatic rings. The molecule has 8 heteroatoms. The maximum atomic E-state index is 11.8. The predicted octanol–water partition coefficient (Wildman–Crippen LogP) is 0.626. The van der Waals surface area contributed by atoms with Crippen molar-refractivity contribution in [2.24, 2.45) is 0 Å². The Morgan fingerprint density at radius 1 is 0.850 bits per heavy atom. The summed E-state index contributed by atoms with van der Waals surface area (Å²) in [4.78, 5) is 11.8. The van der Waals surface area contributed by atoms with E-state index in [4.69, 9.17) is 0 Å². The van der Waals surface area contributed by atoms with Crippen LogP contribution in [0, 0.1) is 0 Å². The summed E-state index contributed by atoms with van der Waals surface area (Å²) in [5.74, 6) is 0. The molecule has 0 spiro atoms. The second-order valence-electron chi connectivity index (χ2n) is 5.35. The van der Waals surface area contributed by atoms with Crippen LogP contribution in [0.3, 0.4) is 0 Å². The summed E-state index contributed by atoms with van der Waals surface area (Å²) in [5.41, 5.74) is 0. The molecule has 3 N–H and O–H groups in total. The molecule has 1 saturated heterocycles. The fraction of sp³-hybridized carbons (Fsp3) is 0.917. The molecule has 1 fully saturated rings. The van der Waals surface area contributed by atoms with Crippen molar-refractivity contribution in [1.82, 2.24) is 19.3 Å². The summed E-state index contributed by atoms with van der Waals surface area (Å²) in [6.07, 6.45) is 0. The molecule has 0 aliphatic carbocycles. The van der Waals surface area contributed by atoms with Crippen LogP contribution < -0.4 is 16.0 Å². The Hall–Kier alpha value is 0.804. The van der Waals surface area contributed by atoms with E-state index in [1.54, 1.807) is 6.92 Å². The number of carbonyl (C=O) groups is 1. The van der Waals surface area contributed by atoms with Crippen LogP contribution in [0.2, 0.25) is 10.5 Å². The molecule has 1 rings (SSSR count). The zero-order chi connectivity index (χ0) is 13.4. The number of hydrogen-bond acceptors (Lipinski definition) is 5. The van der Waals surface area contributed by atoms with Crippen molar-refractivity contribution in [2.45, 2.75) is 17.4 Å². The summed E-state index contributed by atoms with van der Waals surface area (Å²) in [6, 6.07) is 0. The van der Waals surface area contributed by atoms with Crippen LogP contribution in [0.1, 0.15) is 6.92 Å². The van der Waals surface area contributed by atoms with Gasteiger partial charge in [0.25, 0.3) is 0 Å². The first-order valence-corrected chi connectivity index (χ1v) is 11.5. The van der Waals surface area contributed by atoms with Crippen molar-refractivity contribution >= 4 is 28.9 Å².